The number of nitrogens with zero attached hydrogens (tertiary/aromatic N) is 5. The van der Waals surface area contributed by atoms with Gasteiger partial charge in [-0.15, -0.1) is 0 Å². The van der Waals surface area contributed by atoms with Gasteiger partial charge in [-0.25, -0.2) is 9.59 Å². The highest BCUT2D eigenvalue weighted by Gasteiger charge is 2.25. The molecule has 0 bridgehead atoms. The minimum Gasteiger partial charge on any atom is -0.438 e. The Morgan fingerprint density at radius 2 is 1.84 bits per heavy atom. The lowest BCUT2D eigenvalue weighted by Crippen LogP contribution is -2.33. The summed E-state index contributed by atoms with van der Waals surface area (Å²) in [4.78, 5) is 33.1. The van der Waals surface area contributed by atoms with Crippen molar-refractivity contribution >= 4 is 22.9 Å². The molecule has 0 radical (unpaired) electrons. The summed E-state index contributed by atoms with van der Waals surface area (Å²) in [6.45, 7) is 3.71. The van der Waals surface area contributed by atoms with Crippen LogP contribution >= 0.6 is 0 Å². The molecular weight excluding hydrogens is 574 g/mol. The summed E-state index contributed by atoms with van der Waals surface area (Å²) in [7, 11) is 3.90. The largest absolute Gasteiger partial charge is 0.438 e. The topological polar surface area (TPSA) is 131 Å². The van der Waals surface area contributed by atoms with Crippen molar-refractivity contribution in [2.75, 3.05) is 27.2 Å². The molecule has 0 spiro atoms. The number of nitriles is 1. The summed E-state index contributed by atoms with van der Waals surface area (Å²) in [6, 6.07) is 18.9. The molecule has 230 valence electrons. The summed E-state index contributed by atoms with van der Waals surface area (Å²) in [5.74, 6) is -0.991. The normalized spacial score (nSPS) is 17.1. The Labute approximate surface area is 260 Å². The van der Waals surface area contributed by atoms with Crippen molar-refractivity contribution in [1.82, 2.24) is 19.9 Å². The molecule has 2 aromatic carbocycles. The monoisotopic (exact) mass is 607 g/mol. The van der Waals surface area contributed by atoms with Crippen LogP contribution in [0.25, 0.3) is 11.0 Å². The summed E-state index contributed by atoms with van der Waals surface area (Å²) in [6.07, 6.45) is 4.99. The molecule has 1 saturated heterocycles. The second kappa shape index (κ2) is 13.3. The first-order valence-corrected chi connectivity index (χ1v) is 14.9. The van der Waals surface area contributed by atoms with E-state index in [1.807, 2.05) is 31.1 Å². The number of rotatable bonds is 9. The van der Waals surface area contributed by atoms with Crippen molar-refractivity contribution < 1.29 is 28.3 Å². The van der Waals surface area contributed by atoms with Gasteiger partial charge in [0.2, 0.25) is 5.88 Å². The Kier molecular flexibility index (Phi) is 8.86. The maximum Gasteiger partial charge on any atom is 0.354 e. The zero-order chi connectivity index (χ0) is 31.3. The zero-order valence-corrected chi connectivity index (χ0v) is 25.2. The molecule has 0 N–H and O–H groups in total. The van der Waals surface area contributed by atoms with Gasteiger partial charge in [-0.05, 0) is 82.5 Å². The quantitative estimate of drug-likeness (QED) is 0.233. The third kappa shape index (κ3) is 7.03. The molecule has 2 aromatic heterocycles. The number of benzene rings is 2. The molecule has 1 fully saturated rings. The summed E-state index contributed by atoms with van der Waals surface area (Å²) >= 11 is 0. The number of likely N-dealkylation sites (tertiary alicyclic amines) is 1. The van der Waals surface area contributed by atoms with Crippen LogP contribution in [0, 0.1) is 17.2 Å². The fourth-order valence-corrected chi connectivity index (χ4v) is 5.71. The molecule has 0 aliphatic carbocycles. The number of fused-ring (bicyclic) bond motifs is 2. The number of piperidine rings is 1. The standard InChI is InChI=1S/C34H33N5O6/c1-38(2)21-26-28(42-30-13-12-29-33(36-30)44-31(40)18-24(19-35)34(41)43-29)11-9-25-27(37-45-32(25)26)10-8-22-14-16-39(17-15-22)20-23-6-4-3-5-7-23/h3-7,9,11-13,18,22H,8,10,14-17,20-21H2,1-2H3/b24-18+. The maximum atomic E-state index is 12.2. The van der Waals surface area contributed by atoms with Crippen molar-refractivity contribution in [1.29, 1.82) is 5.26 Å². The molecule has 6 rings (SSSR count). The van der Waals surface area contributed by atoms with Gasteiger partial charge < -0.3 is 23.6 Å². The number of ether oxygens (including phenoxy) is 3. The van der Waals surface area contributed by atoms with Gasteiger partial charge in [-0.3, -0.25) is 4.90 Å². The van der Waals surface area contributed by atoms with E-state index in [0.29, 0.717) is 23.8 Å². The number of carbonyl (C=O) groups excluding carboxylic acids is 2. The van der Waals surface area contributed by atoms with E-state index in [0.717, 1.165) is 55.2 Å². The van der Waals surface area contributed by atoms with E-state index < -0.39 is 17.5 Å². The third-order valence-corrected chi connectivity index (χ3v) is 8.01. The van der Waals surface area contributed by atoms with E-state index in [1.165, 1.54) is 30.5 Å². The Hall–Kier alpha value is -5.05. The van der Waals surface area contributed by atoms with Crippen LogP contribution in [0.15, 0.2) is 70.8 Å². The minimum absolute atomic E-state index is 0.104. The van der Waals surface area contributed by atoms with E-state index >= 15 is 0 Å². The predicted molar refractivity (Wildman–Crippen MR) is 163 cm³/mol. The average molecular weight is 608 g/mol. The molecule has 4 aromatic rings. The zero-order valence-electron chi connectivity index (χ0n) is 25.2. The number of esters is 2. The second-order valence-electron chi connectivity index (χ2n) is 11.6. The molecule has 2 aliphatic heterocycles. The molecule has 4 heterocycles. The van der Waals surface area contributed by atoms with Crippen LogP contribution in [0.2, 0.25) is 0 Å². The van der Waals surface area contributed by atoms with Gasteiger partial charge in [0.25, 0.3) is 5.88 Å². The molecule has 11 heteroatoms. The number of hydrogen-bond donors (Lipinski definition) is 0. The Morgan fingerprint density at radius 1 is 1.04 bits per heavy atom. The lowest BCUT2D eigenvalue weighted by atomic mass is 9.91. The second-order valence-corrected chi connectivity index (χ2v) is 11.6. The van der Waals surface area contributed by atoms with Gasteiger partial charge in [-0.2, -0.15) is 10.2 Å². The van der Waals surface area contributed by atoms with Crippen molar-refractivity contribution in [2.45, 2.75) is 38.8 Å². The highest BCUT2D eigenvalue weighted by atomic mass is 16.6. The summed E-state index contributed by atoms with van der Waals surface area (Å²) in [5, 5.41) is 14.5. The molecule has 0 unspecified atom stereocenters. The number of pyridine rings is 1. The minimum atomic E-state index is -0.973. The fraction of sp³-hybridized carbons (Fsp3) is 0.324. The average Bonchev–Trinajstić information content (AvgIpc) is 3.45. The molecule has 11 nitrogen and oxygen atoms in total. The Morgan fingerprint density at radius 3 is 2.60 bits per heavy atom. The number of hydrogen-bond acceptors (Lipinski definition) is 11. The lowest BCUT2D eigenvalue weighted by molar-refractivity contribution is -0.134. The van der Waals surface area contributed by atoms with Crippen LogP contribution in [0.5, 0.6) is 23.3 Å². The van der Waals surface area contributed by atoms with Gasteiger partial charge in [0.05, 0.1) is 11.3 Å². The van der Waals surface area contributed by atoms with Crippen molar-refractivity contribution in [2.24, 2.45) is 5.92 Å². The Bertz CT molecular complexity index is 1780. The van der Waals surface area contributed by atoms with Gasteiger partial charge in [0.1, 0.15) is 17.4 Å². The van der Waals surface area contributed by atoms with Gasteiger partial charge in [0.15, 0.2) is 11.3 Å². The number of aryl methyl sites for hydroxylation is 1. The van der Waals surface area contributed by atoms with Crippen LogP contribution in [0.4, 0.5) is 0 Å². The van der Waals surface area contributed by atoms with Gasteiger partial charge >= 0.3 is 11.9 Å². The fourth-order valence-electron chi connectivity index (χ4n) is 5.71. The highest BCUT2D eigenvalue weighted by Crippen LogP contribution is 2.37. The summed E-state index contributed by atoms with van der Waals surface area (Å²) in [5.41, 5.74) is 3.26. The number of carbonyl (C=O) groups is 2. The van der Waals surface area contributed by atoms with E-state index in [-0.39, 0.29) is 17.5 Å². The molecule has 0 saturated carbocycles. The molecule has 0 amide bonds. The first-order valence-electron chi connectivity index (χ1n) is 14.9. The van der Waals surface area contributed by atoms with Crippen LogP contribution in [-0.4, -0.2) is 59.1 Å². The van der Waals surface area contributed by atoms with Gasteiger partial charge in [-0.1, -0.05) is 35.5 Å². The maximum absolute atomic E-state index is 12.2. The highest BCUT2D eigenvalue weighted by molar-refractivity contribution is 6.02. The van der Waals surface area contributed by atoms with Crippen molar-refractivity contribution in [3.63, 3.8) is 0 Å². The van der Waals surface area contributed by atoms with Crippen LogP contribution in [0.1, 0.15) is 36.1 Å². The van der Waals surface area contributed by atoms with E-state index in [2.05, 4.69) is 45.4 Å². The SMILES string of the molecule is CN(C)Cc1c(Oc2ccc3c(n2)OC(=O)/C=C(\C#N)C(=O)O3)ccc2c(CCC3CCN(Cc4ccccc4)CC3)noc12. The number of aromatic nitrogens is 2. The first kappa shape index (κ1) is 30.0. The van der Waals surface area contributed by atoms with Crippen LogP contribution in [-0.2, 0) is 29.1 Å². The van der Waals surface area contributed by atoms with E-state index in [4.69, 9.17) is 24.0 Å². The van der Waals surface area contributed by atoms with Crippen LogP contribution < -0.4 is 14.2 Å². The van der Waals surface area contributed by atoms with Crippen molar-refractivity contribution in [3.05, 3.63) is 83.1 Å². The lowest BCUT2D eigenvalue weighted by Gasteiger charge is -2.31. The molecule has 0 atom stereocenters. The van der Waals surface area contributed by atoms with E-state index in [9.17, 15) is 9.59 Å². The van der Waals surface area contributed by atoms with E-state index in [1.54, 1.807) is 6.07 Å². The molecule has 2 aliphatic rings. The molecule has 45 heavy (non-hydrogen) atoms. The molecular formula is C34H33N5O6. The first-order chi connectivity index (χ1) is 21.9. The third-order valence-electron chi connectivity index (χ3n) is 8.01. The smallest absolute Gasteiger partial charge is 0.354 e. The van der Waals surface area contributed by atoms with Crippen LogP contribution in [0.3, 0.4) is 0 Å². The Balaban J connectivity index is 1.15. The predicted octanol–water partition coefficient (Wildman–Crippen LogP) is 5.20. The summed E-state index contributed by atoms with van der Waals surface area (Å²) < 4.78 is 22.4. The van der Waals surface area contributed by atoms with Gasteiger partial charge in [0, 0.05) is 30.6 Å². The van der Waals surface area contributed by atoms with Crippen molar-refractivity contribution in [3.8, 4) is 29.3 Å².